The molecule has 5 heteroatoms. The largest absolute Gasteiger partial charge is 0.365 e. The number of nitrogens with two attached hydrogens (primary N) is 1. The summed E-state index contributed by atoms with van der Waals surface area (Å²) in [7, 11) is 0. The normalized spacial score (nSPS) is 19.0. The molecule has 1 aliphatic rings. The van der Waals surface area contributed by atoms with Crippen LogP contribution in [0, 0.1) is 5.82 Å². The Hall–Kier alpha value is -1.46. The Kier molecular flexibility index (Phi) is 2.42. The molecule has 0 aromatic heterocycles. The lowest BCUT2D eigenvalue weighted by Gasteiger charge is -2.23. The van der Waals surface area contributed by atoms with Gasteiger partial charge in [0.1, 0.15) is 5.82 Å². The number of halogens is 1. The first kappa shape index (κ1) is 10.1. The van der Waals surface area contributed by atoms with Crippen molar-refractivity contribution in [2.24, 2.45) is 5.73 Å². The zero-order valence-electron chi connectivity index (χ0n) is 7.90. The number of carbonyl (C=O) groups excluding carboxylic acids is 1. The second-order valence-electron chi connectivity index (χ2n) is 3.18. The molecular formula is C10H10FNO3. The van der Waals surface area contributed by atoms with Gasteiger partial charge in [0.05, 0.1) is 13.2 Å². The van der Waals surface area contributed by atoms with Gasteiger partial charge in [-0.25, -0.2) is 4.39 Å². The monoisotopic (exact) mass is 211 g/mol. The number of rotatable bonds is 2. The van der Waals surface area contributed by atoms with Gasteiger partial charge in [0.15, 0.2) is 0 Å². The topological polar surface area (TPSA) is 61.6 Å². The highest BCUT2D eigenvalue weighted by molar-refractivity contribution is 5.83. The minimum Gasteiger partial charge on any atom is -0.365 e. The summed E-state index contributed by atoms with van der Waals surface area (Å²) in [6.07, 6.45) is 0. The van der Waals surface area contributed by atoms with Crippen LogP contribution in [0.5, 0.6) is 0 Å². The highest BCUT2D eigenvalue weighted by atomic mass is 19.1. The van der Waals surface area contributed by atoms with E-state index in [2.05, 4.69) is 0 Å². The SMILES string of the molecule is NC(=O)C1(c2ccc(F)cc2)OCCO1. The van der Waals surface area contributed by atoms with E-state index in [-0.39, 0.29) is 0 Å². The van der Waals surface area contributed by atoms with Gasteiger partial charge in [-0.15, -0.1) is 0 Å². The predicted molar refractivity (Wildman–Crippen MR) is 49.2 cm³/mol. The molecule has 1 saturated heterocycles. The van der Waals surface area contributed by atoms with Gasteiger partial charge < -0.3 is 15.2 Å². The van der Waals surface area contributed by atoms with Gasteiger partial charge in [-0.2, -0.15) is 0 Å². The van der Waals surface area contributed by atoms with Gasteiger partial charge in [0, 0.05) is 5.56 Å². The molecule has 1 heterocycles. The Morgan fingerprint density at radius 1 is 1.27 bits per heavy atom. The van der Waals surface area contributed by atoms with E-state index in [1.54, 1.807) is 0 Å². The zero-order chi connectivity index (χ0) is 10.9. The van der Waals surface area contributed by atoms with E-state index in [0.717, 1.165) is 0 Å². The number of carbonyl (C=O) groups is 1. The zero-order valence-corrected chi connectivity index (χ0v) is 7.90. The molecule has 4 nitrogen and oxygen atoms in total. The summed E-state index contributed by atoms with van der Waals surface area (Å²) in [6, 6.07) is 5.30. The quantitative estimate of drug-likeness (QED) is 0.775. The molecule has 0 bridgehead atoms. The van der Waals surface area contributed by atoms with Crippen molar-refractivity contribution in [3.8, 4) is 0 Å². The van der Waals surface area contributed by atoms with Gasteiger partial charge in [-0.05, 0) is 12.1 Å². The molecule has 1 aromatic rings. The molecule has 0 spiro atoms. The number of ether oxygens (including phenoxy) is 2. The number of hydrogen-bond acceptors (Lipinski definition) is 3. The van der Waals surface area contributed by atoms with Crippen LogP contribution in [0.25, 0.3) is 0 Å². The summed E-state index contributed by atoms with van der Waals surface area (Å²) in [5.74, 6) is -2.67. The number of primary amides is 1. The van der Waals surface area contributed by atoms with Crippen molar-refractivity contribution >= 4 is 5.91 Å². The number of amides is 1. The Morgan fingerprint density at radius 3 is 2.27 bits per heavy atom. The van der Waals surface area contributed by atoms with E-state index >= 15 is 0 Å². The predicted octanol–water partition coefficient (Wildman–Crippen LogP) is 0.511. The van der Waals surface area contributed by atoms with E-state index in [4.69, 9.17) is 15.2 Å². The fraction of sp³-hybridized carbons (Fsp3) is 0.300. The van der Waals surface area contributed by atoms with Crippen molar-refractivity contribution in [3.05, 3.63) is 35.6 Å². The first-order valence-corrected chi connectivity index (χ1v) is 4.49. The fourth-order valence-electron chi connectivity index (χ4n) is 1.53. The van der Waals surface area contributed by atoms with Crippen molar-refractivity contribution in [1.82, 2.24) is 0 Å². The lowest BCUT2D eigenvalue weighted by molar-refractivity contribution is -0.183. The molecule has 0 aliphatic carbocycles. The maximum absolute atomic E-state index is 12.7. The summed E-state index contributed by atoms with van der Waals surface area (Å²) in [5, 5.41) is 0. The second-order valence-corrected chi connectivity index (χ2v) is 3.18. The number of hydrogen-bond donors (Lipinski definition) is 1. The molecule has 1 amide bonds. The van der Waals surface area contributed by atoms with Crippen LogP contribution in [0.1, 0.15) is 5.56 Å². The van der Waals surface area contributed by atoms with Crippen molar-refractivity contribution in [1.29, 1.82) is 0 Å². The van der Waals surface area contributed by atoms with Crippen LogP contribution in [-0.4, -0.2) is 19.1 Å². The summed E-state index contributed by atoms with van der Waals surface area (Å²) in [5.41, 5.74) is 5.63. The number of benzene rings is 1. The third kappa shape index (κ3) is 1.60. The molecule has 1 aromatic carbocycles. The van der Waals surface area contributed by atoms with Crippen molar-refractivity contribution in [3.63, 3.8) is 0 Å². The average Bonchev–Trinajstić information content (AvgIpc) is 2.69. The van der Waals surface area contributed by atoms with Crippen molar-refractivity contribution in [2.75, 3.05) is 13.2 Å². The Morgan fingerprint density at radius 2 is 1.80 bits per heavy atom. The summed E-state index contributed by atoms with van der Waals surface area (Å²) >= 11 is 0. The van der Waals surface area contributed by atoms with E-state index in [9.17, 15) is 9.18 Å². The lowest BCUT2D eigenvalue weighted by atomic mass is 10.1. The summed E-state index contributed by atoms with van der Waals surface area (Å²) < 4.78 is 23.1. The minimum atomic E-state index is -1.55. The van der Waals surface area contributed by atoms with Crippen LogP contribution in [0.15, 0.2) is 24.3 Å². The summed E-state index contributed by atoms with van der Waals surface area (Å²) in [4.78, 5) is 11.3. The molecule has 0 unspecified atom stereocenters. The van der Waals surface area contributed by atoms with Crippen molar-refractivity contribution in [2.45, 2.75) is 5.79 Å². The third-order valence-corrected chi connectivity index (χ3v) is 2.24. The van der Waals surface area contributed by atoms with Gasteiger partial charge >= 0.3 is 0 Å². The highest BCUT2D eigenvalue weighted by Gasteiger charge is 2.44. The molecule has 1 aliphatic heterocycles. The highest BCUT2D eigenvalue weighted by Crippen LogP contribution is 2.31. The minimum absolute atomic E-state index is 0.292. The molecule has 2 rings (SSSR count). The van der Waals surface area contributed by atoms with E-state index in [1.807, 2.05) is 0 Å². The maximum Gasteiger partial charge on any atom is 0.282 e. The standard InChI is InChI=1S/C10H10FNO3/c11-8-3-1-7(2-4-8)10(9(12)13)14-5-6-15-10/h1-4H,5-6H2,(H2,12,13). The van der Waals surface area contributed by atoms with Gasteiger partial charge in [-0.3, -0.25) is 4.79 Å². The molecule has 80 valence electrons. The first-order chi connectivity index (χ1) is 7.15. The molecule has 0 saturated carbocycles. The maximum atomic E-state index is 12.7. The molecule has 0 radical (unpaired) electrons. The Labute approximate surface area is 85.8 Å². The molecule has 15 heavy (non-hydrogen) atoms. The fourth-order valence-corrected chi connectivity index (χ4v) is 1.53. The molecular weight excluding hydrogens is 201 g/mol. The van der Waals surface area contributed by atoms with Crippen LogP contribution in [0.4, 0.5) is 4.39 Å². The van der Waals surface area contributed by atoms with Crippen LogP contribution < -0.4 is 5.73 Å². The Balaban J connectivity index is 2.41. The van der Waals surface area contributed by atoms with Crippen LogP contribution in [-0.2, 0) is 20.1 Å². The van der Waals surface area contributed by atoms with E-state index in [0.29, 0.717) is 18.8 Å². The first-order valence-electron chi connectivity index (χ1n) is 4.49. The molecule has 1 fully saturated rings. The van der Waals surface area contributed by atoms with Crippen LogP contribution in [0.2, 0.25) is 0 Å². The lowest BCUT2D eigenvalue weighted by Crippen LogP contribution is -2.42. The molecule has 2 N–H and O–H groups in total. The summed E-state index contributed by atoms with van der Waals surface area (Å²) in [6.45, 7) is 0.584. The average molecular weight is 211 g/mol. The molecule has 0 atom stereocenters. The van der Waals surface area contributed by atoms with E-state index in [1.165, 1.54) is 24.3 Å². The van der Waals surface area contributed by atoms with Crippen LogP contribution >= 0.6 is 0 Å². The second kappa shape index (κ2) is 3.60. The third-order valence-electron chi connectivity index (χ3n) is 2.24. The van der Waals surface area contributed by atoms with Crippen molar-refractivity contribution < 1.29 is 18.7 Å². The smallest absolute Gasteiger partial charge is 0.282 e. The van der Waals surface area contributed by atoms with Crippen LogP contribution in [0.3, 0.4) is 0 Å². The van der Waals surface area contributed by atoms with Gasteiger partial charge in [0.25, 0.3) is 11.7 Å². The van der Waals surface area contributed by atoms with Gasteiger partial charge in [-0.1, -0.05) is 12.1 Å². The van der Waals surface area contributed by atoms with Gasteiger partial charge in [0.2, 0.25) is 0 Å². The van der Waals surface area contributed by atoms with E-state index < -0.39 is 17.5 Å². The Bertz CT molecular complexity index is 371.